The first-order valence-corrected chi connectivity index (χ1v) is 10.9. The molecule has 1 aliphatic carbocycles. The highest BCUT2D eigenvalue weighted by Crippen LogP contribution is 2.57. The number of rotatable bonds is 8. The van der Waals surface area contributed by atoms with Crippen LogP contribution in [0.1, 0.15) is 6.92 Å². The van der Waals surface area contributed by atoms with E-state index < -0.39 is 7.92 Å². The van der Waals surface area contributed by atoms with Crippen molar-refractivity contribution in [2.45, 2.75) is 13.0 Å². The molecule has 1 aliphatic rings. The van der Waals surface area contributed by atoms with Gasteiger partial charge in [-0.25, -0.2) is 0 Å². The zero-order chi connectivity index (χ0) is 19.2. The summed E-state index contributed by atoms with van der Waals surface area (Å²) >= 11 is 0. The Morgan fingerprint density at radius 3 is 1.85 bits per heavy atom. The van der Waals surface area contributed by atoms with Crippen molar-refractivity contribution in [3.05, 3.63) is 91.5 Å². The number of hydrogen-bond acceptors (Lipinski definition) is 2. The third-order valence-corrected chi connectivity index (χ3v) is 7.62. The Bertz CT molecular complexity index is 634. The number of benzene rings is 2. The molecule has 1 saturated carbocycles. The minimum atomic E-state index is -0.546. The first kappa shape index (κ1) is 20.5. The average Bonchev–Trinajstić information content (AvgIpc) is 3.16. The molecule has 0 unspecified atom stereocenters. The Balaban J connectivity index is 1.85. The van der Waals surface area contributed by atoms with Gasteiger partial charge in [-0.05, 0) is 65.9 Å². The van der Waals surface area contributed by atoms with Gasteiger partial charge in [0.1, 0.15) is 0 Å². The Morgan fingerprint density at radius 1 is 0.778 bits per heavy atom. The molecule has 1 atom stereocenters. The molecule has 1 fully saturated rings. The Kier molecular flexibility index (Phi) is 7.47. The molecular weight excluding hydrogens is 347 g/mol. The molecule has 5 radical (unpaired) electrons. The number of nitrogens with zero attached hydrogens (tertiary/aromatic N) is 2. The molecule has 0 aromatic heterocycles. The summed E-state index contributed by atoms with van der Waals surface area (Å²) in [5.41, 5.74) is 1.48. The van der Waals surface area contributed by atoms with Crippen LogP contribution in [0.15, 0.2) is 60.7 Å². The van der Waals surface area contributed by atoms with Crippen molar-refractivity contribution in [3.63, 3.8) is 0 Å². The number of likely N-dealkylation sites (N-methyl/N-ethyl adjacent to an activating group) is 2. The van der Waals surface area contributed by atoms with E-state index in [9.17, 15) is 0 Å². The lowest BCUT2D eigenvalue weighted by molar-refractivity contribution is 0.240. The highest BCUT2D eigenvalue weighted by atomic mass is 31.1. The summed E-state index contributed by atoms with van der Waals surface area (Å²) in [6.45, 7) is 4.47. The maximum absolute atomic E-state index is 2.46. The third-order valence-electron chi connectivity index (χ3n) is 5.11. The molecule has 0 saturated heterocycles. The Labute approximate surface area is 167 Å². The molecule has 0 N–H and O–H groups in total. The van der Waals surface area contributed by atoms with Crippen molar-refractivity contribution >= 4 is 18.5 Å². The molecule has 141 valence electrons. The minimum Gasteiger partial charge on any atom is -0.308 e. The van der Waals surface area contributed by atoms with E-state index in [0.29, 0.717) is 6.04 Å². The van der Waals surface area contributed by atoms with Crippen LogP contribution in [-0.4, -0.2) is 50.1 Å². The van der Waals surface area contributed by atoms with Gasteiger partial charge in [0.2, 0.25) is 0 Å². The molecule has 0 spiro atoms. The van der Waals surface area contributed by atoms with E-state index in [4.69, 9.17) is 0 Å². The van der Waals surface area contributed by atoms with E-state index >= 15 is 0 Å². The molecule has 2 aromatic rings. The monoisotopic (exact) mass is 377 g/mol. The topological polar surface area (TPSA) is 6.48 Å². The summed E-state index contributed by atoms with van der Waals surface area (Å²) in [6.07, 6.45) is 6.87. The predicted octanol–water partition coefficient (Wildman–Crippen LogP) is 3.73. The lowest BCUT2D eigenvalue weighted by Gasteiger charge is -2.36. The summed E-state index contributed by atoms with van der Waals surface area (Å²) in [5, 5.41) is 2.82. The van der Waals surface area contributed by atoms with E-state index in [-0.39, 0.29) is 0 Å². The smallest absolute Gasteiger partial charge is 0.0211 e. The van der Waals surface area contributed by atoms with Gasteiger partial charge >= 0.3 is 0 Å². The third kappa shape index (κ3) is 5.19. The van der Waals surface area contributed by atoms with Crippen LogP contribution in [0, 0.1) is 30.8 Å². The zero-order valence-corrected chi connectivity index (χ0v) is 17.7. The number of hydrogen-bond donors (Lipinski definition) is 0. The van der Waals surface area contributed by atoms with Gasteiger partial charge in [0.15, 0.2) is 0 Å². The summed E-state index contributed by atoms with van der Waals surface area (Å²) in [5.74, 6) is 1.45. The van der Waals surface area contributed by atoms with E-state index in [1.165, 1.54) is 22.2 Å². The molecule has 2 aromatic carbocycles. The van der Waals surface area contributed by atoms with Crippen LogP contribution in [0.2, 0.25) is 0 Å². The maximum atomic E-state index is 2.46. The van der Waals surface area contributed by atoms with Gasteiger partial charge in [0.25, 0.3) is 0 Å². The lowest BCUT2D eigenvalue weighted by Crippen LogP contribution is -2.40. The quantitative estimate of drug-likeness (QED) is 0.647. The molecule has 3 heteroatoms. The Morgan fingerprint density at radius 2 is 1.33 bits per heavy atom. The van der Waals surface area contributed by atoms with Crippen LogP contribution < -0.4 is 10.6 Å². The van der Waals surface area contributed by atoms with Crippen molar-refractivity contribution in [1.29, 1.82) is 0 Å². The van der Waals surface area contributed by atoms with E-state index in [1.54, 1.807) is 0 Å². The summed E-state index contributed by atoms with van der Waals surface area (Å²) in [6, 6.07) is 22.3. The largest absolute Gasteiger partial charge is 0.308 e. The molecular formula is C24H30N2P. The minimum absolute atomic E-state index is 0.396. The van der Waals surface area contributed by atoms with Crippen molar-refractivity contribution < 1.29 is 0 Å². The molecule has 27 heavy (non-hydrogen) atoms. The fourth-order valence-corrected chi connectivity index (χ4v) is 5.90. The van der Waals surface area contributed by atoms with Crippen molar-refractivity contribution in [1.82, 2.24) is 9.80 Å². The normalized spacial score (nSPS) is 17.3. The van der Waals surface area contributed by atoms with Gasteiger partial charge in [-0.1, -0.05) is 60.7 Å². The van der Waals surface area contributed by atoms with Gasteiger partial charge in [0.05, 0.1) is 0 Å². The lowest BCUT2D eigenvalue weighted by atomic mass is 9.98. The van der Waals surface area contributed by atoms with Crippen LogP contribution in [-0.2, 0) is 0 Å². The van der Waals surface area contributed by atoms with Crippen LogP contribution >= 0.6 is 7.92 Å². The SMILES string of the molecule is C[C@H]([C]1[CH][CH][CH][C]1P(c1ccccc1)c1ccccc1)N(C)CCN(C)C. The van der Waals surface area contributed by atoms with Crippen molar-refractivity contribution in [2.75, 3.05) is 34.2 Å². The summed E-state index contributed by atoms with van der Waals surface area (Å²) < 4.78 is 0. The van der Waals surface area contributed by atoms with Crippen LogP contribution in [0.25, 0.3) is 0 Å². The van der Waals surface area contributed by atoms with Crippen LogP contribution in [0.5, 0.6) is 0 Å². The second-order valence-corrected chi connectivity index (χ2v) is 9.52. The highest BCUT2D eigenvalue weighted by Gasteiger charge is 2.40. The fraction of sp³-hybridized carbons (Fsp3) is 0.292. The molecule has 0 heterocycles. The molecule has 2 nitrogen and oxygen atoms in total. The van der Waals surface area contributed by atoms with Crippen molar-refractivity contribution in [2.24, 2.45) is 0 Å². The average molecular weight is 377 g/mol. The molecule has 0 aliphatic heterocycles. The van der Waals surface area contributed by atoms with Gasteiger partial charge in [-0.15, -0.1) is 0 Å². The second kappa shape index (κ2) is 9.82. The zero-order valence-electron chi connectivity index (χ0n) is 16.8. The summed E-state index contributed by atoms with van der Waals surface area (Å²) in [7, 11) is 5.96. The second-order valence-electron chi connectivity index (χ2n) is 7.33. The van der Waals surface area contributed by atoms with E-state index in [2.05, 4.69) is 118 Å². The Hall–Kier alpha value is -1.21. The van der Waals surface area contributed by atoms with Gasteiger partial charge in [-0.2, -0.15) is 0 Å². The summed E-state index contributed by atoms with van der Waals surface area (Å²) in [4.78, 5) is 4.71. The first-order chi connectivity index (χ1) is 13.1. The van der Waals surface area contributed by atoms with Crippen LogP contribution in [0.3, 0.4) is 0 Å². The van der Waals surface area contributed by atoms with E-state index in [0.717, 1.165) is 13.1 Å². The van der Waals surface area contributed by atoms with Crippen molar-refractivity contribution in [3.8, 4) is 0 Å². The first-order valence-electron chi connectivity index (χ1n) is 9.58. The molecule has 0 amide bonds. The van der Waals surface area contributed by atoms with Crippen LogP contribution in [0.4, 0.5) is 0 Å². The molecule has 0 bridgehead atoms. The fourth-order valence-electron chi connectivity index (χ4n) is 3.35. The maximum Gasteiger partial charge on any atom is 0.0211 e. The predicted molar refractivity (Wildman–Crippen MR) is 119 cm³/mol. The molecule has 3 rings (SSSR count). The van der Waals surface area contributed by atoms with Gasteiger partial charge in [-0.3, -0.25) is 0 Å². The van der Waals surface area contributed by atoms with E-state index in [1.807, 2.05) is 0 Å². The van der Waals surface area contributed by atoms with Gasteiger partial charge in [0, 0.05) is 30.7 Å². The highest BCUT2D eigenvalue weighted by molar-refractivity contribution is 7.76. The standard InChI is InChI=1S/C24H30N2P/c1-20(26(4)19-18-25(2)3)23-16-11-17-24(23)27(21-12-7-5-8-13-21)22-14-9-6-10-15-22/h5-17,20H,18-19H2,1-4H3/t20-/m1/s1. The van der Waals surface area contributed by atoms with Gasteiger partial charge < -0.3 is 9.80 Å².